The van der Waals surface area contributed by atoms with Crippen LogP contribution >= 0.6 is 0 Å². The van der Waals surface area contributed by atoms with Gasteiger partial charge in [0.2, 0.25) is 0 Å². The van der Waals surface area contributed by atoms with Gasteiger partial charge in [-0.1, -0.05) is 150 Å². The lowest BCUT2D eigenvalue weighted by Gasteiger charge is -2.22. The summed E-state index contributed by atoms with van der Waals surface area (Å²) in [6, 6.07) is 14.2. The third-order valence-electron chi connectivity index (χ3n) is 10.4. The first-order valence-corrected chi connectivity index (χ1v) is 21.9. The van der Waals surface area contributed by atoms with E-state index in [1.165, 1.54) is 109 Å². The maximum absolute atomic E-state index is 11.7. The summed E-state index contributed by atoms with van der Waals surface area (Å²) in [6.07, 6.45) is 19.4. The number of hydrogen-bond acceptors (Lipinski definition) is 6. The van der Waals surface area contributed by atoms with Gasteiger partial charge in [-0.3, -0.25) is 8.37 Å². The molecule has 0 radical (unpaired) electrons. The van der Waals surface area contributed by atoms with E-state index in [2.05, 4.69) is 56.8 Å². The molecule has 282 valence electrons. The van der Waals surface area contributed by atoms with E-state index in [0.29, 0.717) is 11.8 Å². The van der Waals surface area contributed by atoms with Crippen molar-refractivity contribution in [2.24, 2.45) is 17.8 Å². The van der Waals surface area contributed by atoms with E-state index in [9.17, 15) is 16.8 Å². The van der Waals surface area contributed by atoms with Crippen LogP contribution in [0.3, 0.4) is 0 Å². The molecule has 0 bridgehead atoms. The maximum Gasteiger partial charge on any atom is 0.296 e. The van der Waals surface area contributed by atoms with E-state index in [1.54, 1.807) is 24.3 Å². The molecule has 2 aromatic rings. The monoisotopic (exact) mass is 722 g/mol. The molecule has 0 saturated heterocycles. The molecule has 0 fully saturated rings. The minimum Gasteiger partial charge on any atom is -0.270 e. The Balaban J connectivity index is 0.000000490. The first-order chi connectivity index (χ1) is 23.3. The zero-order valence-electron chi connectivity index (χ0n) is 32.4. The Morgan fingerprint density at radius 2 is 0.878 bits per heavy atom. The fourth-order valence-electron chi connectivity index (χ4n) is 6.47. The number of unbranched alkanes of at least 4 members (excludes halogenated alkanes) is 4. The van der Waals surface area contributed by atoms with Gasteiger partial charge in [-0.15, -0.1) is 0 Å². The van der Waals surface area contributed by atoms with Crippen molar-refractivity contribution in [3.63, 3.8) is 0 Å². The lowest BCUT2D eigenvalue weighted by atomic mass is 9.84. The van der Waals surface area contributed by atoms with Crippen LogP contribution in [0, 0.1) is 17.8 Å². The summed E-state index contributed by atoms with van der Waals surface area (Å²) < 4.78 is 55.7. The standard InChI is InChI=1S/C21H36O3S.C20H34O3S/c1-5-7-12-19(10-6-2)13-9-8-11-18(3)20-14-16-21(17-15-20)25(22,23)24-4;1-6-7-8-9-16(2)17(3)10-11-18(4)19-12-14-20(15-13-19)24(21,22)23-5/h14-19H,5-13H2,1-4H3;12-18H,6-11H2,1-5H3. The van der Waals surface area contributed by atoms with Crippen molar-refractivity contribution in [3.8, 4) is 0 Å². The van der Waals surface area contributed by atoms with Gasteiger partial charge < -0.3 is 0 Å². The molecule has 0 saturated carbocycles. The summed E-state index contributed by atoms with van der Waals surface area (Å²) in [5, 5.41) is 0. The molecule has 0 heterocycles. The van der Waals surface area contributed by atoms with E-state index in [4.69, 9.17) is 0 Å². The summed E-state index contributed by atoms with van der Waals surface area (Å²) in [4.78, 5) is 0.447. The molecule has 0 aliphatic heterocycles. The molecule has 5 atom stereocenters. The molecule has 2 rings (SSSR count). The molecule has 0 aliphatic rings. The van der Waals surface area contributed by atoms with E-state index in [1.807, 2.05) is 24.3 Å². The largest absolute Gasteiger partial charge is 0.296 e. The quantitative estimate of drug-likeness (QED) is 0.0792. The molecule has 0 N–H and O–H groups in total. The van der Waals surface area contributed by atoms with Crippen LogP contribution in [0.5, 0.6) is 0 Å². The van der Waals surface area contributed by atoms with Gasteiger partial charge in [-0.25, -0.2) is 0 Å². The van der Waals surface area contributed by atoms with Gasteiger partial charge in [0.05, 0.1) is 24.0 Å². The minimum absolute atomic E-state index is 0.221. The molecule has 5 unspecified atom stereocenters. The Morgan fingerprint density at radius 3 is 1.33 bits per heavy atom. The lowest BCUT2D eigenvalue weighted by molar-refractivity contribution is 0.321. The summed E-state index contributed by atoms with van der Waals surface area (Å²) in [5.41, 5.74) is 2.39. The van der Waals surface area contributed by atoms with Gasteiger partial charge in [-0.2, -0.15) is 16.8 Å². The van der Waals surface area contributed by atoms with Gasteiger partial charge in [-0.05, 0) is 84.2 Å². The van der Waals surface area contributed by atoms with Crippen LogP contribution in [0.1, 0.15) is 168 Å². The average Bonchev–Trinajstić information content (AvgIpc) is 3.11. The molecule has 8 heteroatoms. The topological polar surface area (TPSA) is 86.7 Å². The van der Waals surface area contributed by atoms with Gasteiger partial charge in [0, 0.05) is 0 Å². The third-order valence-corrected chi connectivity index (χ3v) is 12.9. The average molecular weight is 723 g/mol. The first-order valence-electron chi connectivity index (χ1n) is 19.1. The van der Waals surface area contributed by atoms with Crippen molar-refractivity contribution < 1.29 is 25.2 Å². The minimum atomic E-state index is -3.59. The van der Waals surface area contributed by atoms with Crippen molar-refractivity contribution in [2.45, 2.75) is 166 Å². The zero-order valence-corrected chi connectivity index (χ0v) is 34.0. The SMILES string of the molecule is CCCCC(CCC)CCCCC(C)c1ccc(S(=O)(=O)OC)cc1.CCCCCC(C)C(C)CCC(C)c1ccc(S(=O)(=O)OC)cc1. The second kappa shape index (κ2) is 24.4. The van der Waals surface area contributed by atoms with Crippen molar-refractivity contribution in [1.82, 2.24) is 0 Å². The second-order valence-corrected chi connectivity index (χ2v) is 17.7. The molecule has 0 spiro atoms. The normalized spacial score (nSPS) is 15.1. The number of rotatable bonds is 24. The molecule has 0 aliphatic carbocycles. The highest BCUT2D eigenvalue weighted by atomic mass is 32.2. The summed E-state index contributed by atoms with van der Waals surface area (Å²) in [5.74, 6) is 3.31. The van der Waals surface area contributed by atoms with Gasteiger partial charge in [0.15, 0.2) is 0 Å². The smallest absolute Gasteiger partial charge is 0.270 e. The molecule has 6 nitrogen and oxygen atoms in total. The molecule has 0 aromatic heterocycles. The van der Waals surface area contributed by atoms with Crippen LogP contribution in [-0.4, -0.2) is 31.1 Å². The Labute approximate surface area is 302 Å². The summed E-state index contributed by atoms with van der Waals surface area (Å²) in [6.45, 7) is 16.0. The van der Waals surface area contributed by atoms with Gasteiger partial charge in [0.25, 0.3) is 20.2 Å². The predicted octanol–water partition coefficient (Wildman–Crippen LogP) is 12.0. The number of hydrogen-bond donors (Lipinski definition) is 0. The second-order valence-electron chi connectivity index (χ2n) is 14.3. The van der Waals surface area contributed by atoms with Crippen LogP contribution < -0.4 is 0 Å². The van der Waals surface area contributed by atoms with Crippen molar-refractivity contribution in [2.75, 3.05) is 14.2 Å². The molecular formula is C41H70O6S2. The van der Waals surface area contributed by atoms with Crippen molar-refractivity contribution in [1.29, 1.82) is 0 Å². The van der Waals surface area contributed by atoms with Crippen molar-refractivity contribution in [3.05, 3.63) is 59.7 Å². The van der Waals surface area contributed by atoms with Crippen LogP contribution in [0.4, 0.5) is 0 Å². The first kappa shape index (κ1) is 45.3. The van der Waals surface area contributed by atoms with Crippen LogP contribution in [0.15, 0.2) is 58.3 Å². The zero-order chi connectivity index (χ0) is 36.9. The van der Waals surface area contributed by atoms with Gasteiger partial charge >= 0.3 is 0 Å². The molecular weight excluding hydrogens is 653 g/mol. The Hall–Kier alpha value is -1.74. The molecule has 49 heavy (non-hydrogen) atoms. The summed E-state index contributed by atoms with van der Waals surface area (Å²) in [7, 11) is -4.79. The Bertz CT molecular complexity index is 1340. The van der Waals surface area contributed by atoms with E-state index >= 15 is 0 Å². The summed E-state index contributed by atoms with van der Waals surface area (Å²) >= 11 is 0. The Kier molecular flexibility index (Phi) is 22.6. The Morgan fingerprint density at radius 1 is 0.469 bits per heavy atom. The van der Waals surface area contributed by atoms with Crippen molar-refractivity contribution >= 4 is 20.2 Å². The van der Waals surface area contributed by atoms with E-state index in [-0.39, 0.29) is 9.79 Å². The maximum atomic E-state index is 11.7. The third kappa shape index (κ3) is 17.4. The van der Waals surface area contributed by atoms with Gasteiger partial charge in [0.1, 0.15) is 0 Å². The highest BCUT2D eigenvalue weighted by molar-refractivity contribution is 7.87. The predicted molar refractivity (Wildman–Crippen MR) is 206 cm³/mol. The highest BCUT2D eigenvalue weighted by Gasteiger charge is 2.17. The lowest BCUT2D eigenvalue weighted by Crippen LogP contribution is -2.09. The molecule has 2 aromatic carbocycles. The fraction of sp³-hybridized carbons (Fsp3) is 0.707. The molecule has 0 amide bonds. The van der Waals surface area contributed by atoms with E-state index < -0.39 is 20.2 Å². The number of benzene rings is 2. The highest BCUT2D eigenvalue weighted by Crippen LogP contribution is 2.29. The van der Waals surface area contributed by atoms with E-state index in [0.717, 1.165) is 30.6 Å². The van der Waals surface area contributed by atoms with Crippen LogP contribution in [0.2, 0.25) is 0 Å². The fourth-order valence-corrected chi connectivity index (χ4v) is 7.79. The van der Waals surface area contributed by atoms with Crippen LogP contribution in [-0.2, 0) is 28.6 Å². The van der Waals surface area contributed by atoms with Crippen LogP contribution in [0.25, 0.3) is 0 Å².